The topological polar surface area (TPSA) is 20.2 Å². The third-order valence-electron chi connectivity index (χ3n) is 2.21. The van der Waals surface area contributed by atoms with E-state index in [0.29, 0.717) is 6.07 Å². The maximum atomic E-state index is 12.8. The summed E-state index contributed by atoms with van der Waals surface area (Å²) in [7, 11) is 0. The second kappa shape index (κ2) is 5.44. The third-order valence-corrected chi connectivity index (χ3v) is 2.21. The summed E-state index contributed by atoms with van der Waals surface area (Å²) in [4.78, 5) is 0. The Kier molecular flexibility index (Phi) is 4.45. The molecule has 0 aromatic heterocycles. The first-order valence-corrected chi connectivity index (χ1v) is 4.99. The summed E-state index contributed by atoms with van der Waals surface area (Å²) in [5, 5.41) is 9.47. The van der Waals surface area contributed by atoms with Crippen LogP contribution in [0.2, 0.25) is 0 Å². The molecule has 0 saturated heterocycles. The molecule has 0 amide bonds. The summed E-state index contributed by atoms with van der Waals surface area (Å²) < 4.78 is 61.0. The summed E-state index contributed by atoms with van der Waals surface area (Å²) in [5.74, 6) is -1.73. The fraction of sp³-hybridized carbons (Fsp3) is 0.455. The van der Waals surface area contributed by atoms with Gasteiger partial charge in [0.1, 0.15) is 11.6 Å². The average Bonchev–Trinajstić information content (AvgIpc) is 2.13. The molecule has 1 unspecified atom stereocenters. The van der Waals surface area contributed by atoms with Crippen LogP contribution in [0.5, 0.6) is 0 Å². The highest BCUT2D eigenvalue weighted by Crippen LogP contribution is 2.26. The predicted molar refractivity (Wildman–Crippen MR) is 51.2 cm³/mol. The molecule has 0 aliphatic heterocycles. The van der Waals surface area contributed by atoms with Gasteiger partial charge in [0.25, 0.3) is 0 Å². The fourth-order valence-electron chi connectivity index (χ4n) is 1.43. The van der Waals surface area contributed by atoms with Crippen LogP contribution in [0, 0.1) is 11.6 Å². The van der Waals surface area contributed by atoms with Crippen LogP contribution in [0.4, 0.5) is 22.0 Å². The maximum Gasteiger partial charge on any atom is 0.389 e. The molecule has 0 saturated carbocycles. The van der Waals surface area contributed by atoms with Gasteiger partial charge in [-0.05, 0) is 30.5 Å². The van der Waals surface area contributed by atoms with Gasteiger partial charge in [-0.1, -0.05) is 0 Å². The van der Waals surface area contributed by atoms with E-state index in [2.05, 4.69) is 0 Å². The molecular formula is C11H11F5O. The van der Waals surface area contributed by atoms with E-state index >= 15 is 0 Å². The van der Waals surface area contributed by atoms with Crippen molar-refractivity contribution in [3.63, 3.8) is 0 Å². The molecule has 1 rings (SSSR count). The van der Waals surface area contributed by atoms with Crippen LogP contribution in [0.15, 0.2) is 18.2 Å². The number of hydrogen-bond acceptors (Lipinski definition) is 1. The van der Waals surface area contributed by atoms with Crippen LogP contribution in [0.3, 0.4) is 0 Å². The smallest absolute Gasteiger partial charge is 0.388 e. The highest BCUT2D eigenvalue weighted by atomic mass is 19.4. The van der Waals surface area contributed by atoms with Gasteiger partial charge in [-0.3, -0.25) is 0 Å². The number of hydrogen-bond donors (Lipinski definition) is 1. The van der Waals surface area contributed by atoms with Crippen LogP contribution < -0.4 is 0 Å². The summed E-state index contributed by atoms with van der Waals surface area (Å²) in [5.41, 5.74) is -0.0512. The lowest BCUT2D eigenvalue weighted by Gasteiger charge is -2.12. The Hall–Kier alpha value is -1.17. The normalized spacial score (nSPS) is 13.8. The summed E-state index contributed by atoms with van der Waals surface area (Å²) in [6.07, 6.45) is -7.08. The zero-order valence-electron chi connectivity index (χ0n) is 8.77. The van der Waals surface area contributed by atoms with Crippen molar-refractivity contribution in [1.82, 2.24) is 0 Å². The lowest BCUT2D eigenvalue weighted by Crippen LogP contribution is -2.08. The van der Waals surface area contributed by atoms with E-state index in [9.17, 15) is 27.1 Å². The fourth-order valence-corrected chi connectivity index (χ4v) is 1.43. The Morgan fingerprint density at radius 1 is 1.06 bits per heavy atom. The van der Waals surface area contributed by atoms with Gasteiger partial charge >= 0.3 is 6.18 Å². The SMILES string of the molecule is OC(CCCC(F)(F)F)c1cc(F)cc(F)c1. The molecule has 0 aliphatic rings. The summed E-state index contributed by atoms with van der Waals surface area (Å²) in [6.45, 7) is 0. The quantitative estimate of drug-likeness (QED) is 0.812. The van der Waals surface area contributed by atoms with Crippen LogP contribution in [0.25, 0.3) is 0 Å². The van der Waals surface area contributed by atoms with E-state index in [0.717, 1.165) is 12.1 Å². The molecule has 0 spiro atoms. The Morgan fingerprint density at radius 2 is 1.59 bits per heavy atom. The van der Waals surface area contributed by atoms with Crippen molar-refractivity contribution >= 4 is 0 Å². The monoisotopic (exact) mass is 254 g/mol. The van der Waals surface area contributed by atoms with E-state index in [1.807, 2.05) is 0 Å². The van der Waals surface area contributed by atoms with Crippen LogP contribution in [0.1, 0.15) is 30.9 Å². The zero-order chi connectivity index (χ0) is 13.1. The standard InChI is InChI=1S/C11H11F5O/c12-8-4-7(5-9(13)6-8)10(17)2-1-3-11(14,15)16/h4-6,10,17H,1-3H2. The predicted octanol–water partition coefficient (Wildman–Crippen LogP) is 3.73. The Bertz CT molecular complexity index is 354. The first-order valence-electron chi connectivity index (χ1n) is 4.99. The van der Waals surface area contributed by atoms with Crippen molar-refractivity contribution in [2.75, 3.05) is 0 Å². The Labute approximate surface area is 94.9 Å². The number of aliphatic hydroxyl groups is 1. The molecule has 1 aromatic carbocycles. The van der Waals surface area contributed by atoms with Crippen molar-refractivity contribution in [2.45, 2.75) is 31.5 Å². The van der Waals surface area contributed by atoms with Crippen molar-refractivity contribution in [3.8, 4) is 0 Å². The molecule has 1 nitrogen and oxygen atoms in total. The number of benzene rings is 1. The minimum absolute atomic E-state index is 0.0512. The van der Waals surface area contributed by atoms with Gasteiger partial charge in [0.2, 0.25) is 0 Å². The lowest BCUT2D eigenvalue weighted by atomic mass is 10.0. The van der Waals surface area contributed by atoms with E-state index in [1.165, 1.54) is 0 Å². The molecule has 17 heavy (non-hydrogen) atoms. The minimum atomic E-state index is -4.28. The molecule has 0 radical (unpaired) electrons. The largest absolute Gasteiger partial charge is 0.389 e. The molecule has 1 N–H and O–H groups in total. The van der Waals surface area contributed by atoms with Gasteiger partial charge in [0.05, 0.1) is 6.10 Å². The van der Waals surface area contributed by atoms with Gasteiger partial charge in [-0.15, -0.1) is 0 Å². The minimum Gasteiger partial charge on any atom is -0.388 e. The highest BCUT2D eigenvalue weighted by Gasteiger charge is 2.26. The van der Waals surface area contributed by atoms with Crippen molar-refractivity contribution in [2.24, 2.45) is 0 Å². The number of rotatable bonds is 4. The molecule has 6 heteroatoms. The van der Waals surface area contributed by atoms with Crippen LogP contribution in [-0.4, -0.2) is 11.3 Å². The highest BCUT2D eigenvalue weighted by molar-refractivity contribution is 5.20. The molecule has 0 heterocycles. The van der Waals surface area contributed by atoms with Crippen LogP contribution in [-0.2, 0) is 0 Å². The van der Waals surface area contributed by atoms with Crippen molar-refractivity contribution in [1.29, 1.82) is 0 Å². The molecular weight excluding hydrogens is 243 g/mol. The van der Waals surface area contributed by atoms with Gasteiger partial charge < -0.3 is 5.11 Å². The van der Waals surface area contributed by atoms with Crippen LogP contribution >= 0.6 is 0 Å². The third kappa shape index (κ3) is 5.12. The number of aliphatic hydroxyl groups excluding tert-OH is 1. The van der Waals surface area contributed by atoms with E-state index in [-0.39, 0.29) is 18.4 Å². The molecule has 0 aliphatic carbocycles. The first kappa shape index (κ1) is 13.9. The molecule has 1 atom stereocenters. The Morgan fingerprint density at radius 3 is 2.06 bits per heavy atom. The maximum absolute atomic E-state index is 12.8. The Balaban J connectivity index is 2.55. The molecule has 0 fully saturated rings. The number of alkyl halides is 3. The van der Waals surface area contributed by atoms with E-state index in [4.69, 9.17) is 0 Å². The summed E-state index contributed by atoms with van der Waals surface area (Å²) in [6, 6.07) is 2.44. The molecule has 96 valence electrons. The lowest BCUT2D eigenvalue weighted by molar-refractivity contribution is -0.136. The first-order chi connectivity index (χ1) is 7.78. The second-order valence-electron chi connectivity index (χ2n) is 3.73. The molecule has 1 aromatic rings. The molecule has 0 bridgehead atoms. The second-order valence-corrected chi connectivity index (χ2v) is 3.73. The van der Waals surface area contributed by atoms with Gasteiger partial charge in [0.15, 0.2) is 0 Å². The van der Waals surface area contributed by atoms with Gasteiger partial charge in [-0.2, -0.15) is 13.2 Å². The van der Waals surface area contributed by atoms with E-state index in [1.54, 1.807) is 0 Å². The van der Waals surface area contributed by atoms with Gasteiger partial charge in [0, 0.05) is 12.5 Å². The zero-order valence-corrected chi connectivity index (χ0v) is 8.77. The average molecular weight is 254 g/mol. The number of halogens is 5. The van der Waals surface area contributed by atoms with Crippen molar-refractivity contribution in [3.05, 3.63) is 35.4 Å². The van der Waals surface area contributed by atoms with E-state index < -0.39 is 30.3 Å². The summed E-state index contributed by atoms with van der Waals surface area (Å²) >= 11 is 0. The van der Waals surface area contributed by atoms with Crippen molar-refractivity contribution < 1.29 is 27.1 Å². The van der Waals surface area contributed by atoms with Gasteiger partial charge in [-0.25, -0.2) is 8.78 Å².